The molecule has 0 radical (unpaired) electrons. The first-order valence-corrected chi connectivity index (χ1v) is 10.4. The second kappa shape index (κ2) is 9.19. The Balaban J connectivity index is 1.67. The highest BCUT2D eigenvalue weighted by Gasteiger charge is 2.30. The number of hydrogen-bond acceptors (Lipinski definition) is 4. The molecule has 2 heterocycles. The van der Waals surface area contributed by atoms with Gasteiger partial charge in [0.2, 0.25) is 5.91 Å². The van der Waals surface area contributed by atoms with Gasteiger partial charge in [-0.2, -0.15) is 0 Å². The standard InChI is InChI=1S/C21H29N3OS/c1-3-8-20(25)22-17(2)21(19-11-7-16-26-19)24-14-12-23(13-15-24)18-9-5-4-6-10-18/h4-7,9-11,16-17,21H,3,8,12-15H2,1-2H3,(H,22,25)/t17-,21+/m1/s1. The Morgan fingerprint density at radius 1 is 1.12 bits per heavy atom. The maximum absolute atomic E-state index is 12.1. The van der Waals surface area contributed by atoms with Crippen LogP contribution in [0.25, 0.3) is 0 Å². The van der Waals surface area contributed by atoms with Gasteiger partial charge in [-0.1, -0.05) is 31.2 Å². The van der Waals surface area contributed by atoms with Crippen molar-refractivity contribution in [1.82, 2.24) is 10.2 Å². The largest absolute Gasteiger partial charge is 0.369 e. The number of carbonyl (C=O) groups is 1. The highest BCUT2D eigenvalue weighted by Crippen LogP contribution is 2.30. The first kappa shape index (κ1) is 18.9. The van der Waals surface area contributed by atoms with Gasteiger partial charge >= 0.3 is 0 Å². The summed E-state index contributed by atoms with van der Waals surface area (Å²) >= 11 is 1.78. The number of benzene rings is 1. The second-order valence-corrected chi connectivity index (χ2v) is 7.90. The third-order valence-electron chi connectivity index (χ3n) is 5.00. The number of piperazine rings is 1. The van der Waals surface area contributed by atoms with Crippen LogP contribution in [0, 0.1) is 0 Å². The van der Waals surface area contributed by atoms with Gasteiger partial charge in [0.25, 0.3) is 0 Å². The van der Waals surface area contributed by atoms with Gasteiger partial charge in [-0.25, -0.2) is 0 Å². The van der Waals surface area contributed by atoms with Crippen LogP contribution in [0.1, 0.15) is 37.6 Å². The van der Waals surface area contributed by atoms with E-state index in [0.29, 0.717) is 6.42 Å². The van der Waals surface area contributed by atoms with E-state index >= 15 is 0 Å². The van der Waals surface area contributed by atoms with Gasteiger partial charge in [0.05, 0.1) is 6.04 Å². The number of amides is 1. The Bertz CT molecular complexity index is 666. The lowest BCUT2D eigenvalue weighted by molar-refractivity contribution is -0.122. The van der Waals surface area contributed by atoms with Gasteiger partial charge in [-0.3, -0.25) is 9.69 Å². The average molecular weight is 372 g/mol. The molecular weight excluding hydrogens is 342 g/mol. The highest BCUT2D eigenvalue weighted by molar-refractivity contribution is 7.10. The van der Waals surface area contributed by atoms with Gasteiger partial charge in [0.15, 0.2) is 0 Å². The molecule has 5 heteroatoms. The highest BCUT2D eigenvalue weighted by atomic mass is 32.1. The van der Waals surface area contributed by atoms with Crippen LogP contribution in [-0.2, 0) is 4.79 Å². The fraction of sp³-hybridized carbons (Fsp3) is 0.476. The van der Waals surface area contributed by atoms with Crippen LogP contribution in [0.3, 0.4) is 0 Å². The van der Waals surface area contributed by atoms with Crippen molar-refractivity contribution in [2.75, 3.05) is 31.1 Å². The molecule has 2 atom stereocenters. The normalized spacial score (nSPS) is 17.7. The molecule has 1 aromatic carbocycles. The Kier molecular flexibility index (Phi) is 6.69. The number of anilines is 1. The summed E-state index contributed by atoms with van der Waals surface area (Å²) in [4.78, 5) is 18.4. The summed E-state index contributed by atoms with van der Waals surface area (Å²) in [5.41, 5.74) is 1.30. The average Bonchev–Trinajstić information content (AvgIpc) is 3.17. The monoisotopic (exact) mass is 371 g/mol. The third kappa shape index (κ3) is 4.65. The van der Waals surface area contributed by atoms with Gasteiger partial charge < -0.3 is 10.2 Å². The molecule has 1 aliphatic rings. The predicted octanol–water partition coefficient (Wildman–Crippen LogP) is 3.92. The Labute approximate surface area is 160 Å². The number of hydrogen-bond donors (Lipinski definition) is 1. The van der Waals surface area contributed by atoms with Crippen molar-refractivity contribution in [3.8, 4) is 0 Å². The maximum Gasteiger partial charge on any atom is 0.220 e. The SMILES string of the molecule is CCCC(=O)N[C@H](C)[C@@H](c1cccs1)N1CCN(c2ccccc2)CC1. The molecule has 1 aliphatic heterocycles. The molecule has 0 unspecified atom stereocenters. The number of nitrogens with zero attached hydrogens (tertiary/aromatic N) is 2. The fourth-order valence-corrected chi connectivity index (χ4v) is 4.70. The Morgan fingerprint density at radius 3 is 2.46 bits per heavy atom. The smallest absolute Gasteiger partial charge is 0.220 e. The van der Waals surface area contributed by atoms with E-state index in [1.54, 1.807) is 11.3 Å². The van der Waals surface area contributed by atoms with Gasteiger partial charge in [0.1, 0.15) is 0 Å². The van der Waals surface area contributed by atoms with E-state index in [-0.39, 0.29) is 18.0 Å². The van der Waals surface area contributed by atoms with Crippen LogP contribution >= 0.6 is 11.3 Å². The molecule has 0 aliphatic carbocycles. The van der Waals surface area contributed by atoms with Crippen molar-refractivity contribution >= 4 is 22.9 Å². The van der Waals surface area contributed by atoms with Crippen LogP contribution in [-0.4, -0.2) is 43.0 Å². The Hall–Kier alpha value is -1.85. The summed E-state index contributed by atoms with van der Waals surface area (Å²) in [6.07, 6.45) is 1.49. The van der Waals surface area contributed by atoms with E-state index in [0.717, 1.165) is 32.6 Å². The van der Waals surface area contributed by atoms with Crippen molar-refractivity contribution in [3.63, 3.8) is 0 Å². The minimum absolute atomic E-state index is 0.107. The molecule has 1 aromatic heterocycles. The zero-order chi connectivity index (χ0) is 18.4. The third-order valence-corrected chi connectivity index (χ3v) is 5.95. The summed E-state index contributed by atoms with van der Waals surface area (Å²) in [6.45, 7) is 8.23. The zero-order valence-corrected chi connectivity index (χ0v) is 16.5. The van der Waals surface area contributed by atoms with E-state index in [1.165, 1.54) is 10.6 Å². The number of rotatable bonds is 7. The maximum atomic E-state index is 12.1. The molecule has 1 amide bonds. The first-order chi connectivity index (χ1) is 12.7. The van der Waals surface area contributed by atoms with E-state index in [9.17, 15) is 4.79 Å². The summed E-state index contributed by atoms with van der Waals surface area (Å²) in [6, 6.07) is 15.3. The van der Waals surface area contributed by atoms with Crippen molar-refractivity contribution < 1.29 is 4.79 Å². The molecule has 1 saturated heterocycles. The summed E-state index contributed by atoms with van der Waals surface area (Å²) in [5.74, 6) is 0.157. The molecule has 0 saturated carbocycles. The second-order valence-electron chi connectivity index (χ2n) is 6.93. The van der Waals surface area contributed by atoms with Crippen LogP contribution in [0.4, 0.5) is 5.69 Å². The van der Waals surface area contributed by atoms with Crippen molar-refractivity contribution in [1.29, 1.82) is 0 Å². The first-order valence-electron chi connectivity index (χ1n) is 9.56. The molecule has 3 rings (SSSR count). The lowest BCUT2D eigenvalue weighted by Gasteiger charge is -2.42. The lowest BCUT2D eigenvalue weighted by Crippen LogP contribution is -2.52. The molecule has 1 fully saturated rings. The number of nitrogens with one attached hydrogen (secondary N) is 1. The van der Waals surface area contributed by atoms with E-state index in [1.807, 2.05) is 6.92 Å². The zero-order valence-electron chi connectivity index (χ0n) is 15.7. The number of para-hydroxylation sites is 1. The minimum atomic E-state index is 0.107. The van der Waals surface area contributed by atoms with Gasteiger partial charge in [0, 0.05) is 49.2 Å². The summed E-state index contributed by atoms with van der Waals surface area (Å²) < 4.78 is 0. The van der Waals surface area contributed by atoms with Crippen LogP contribution in [0.5, 0.6) is 0 Å². The molecule has 2 aromatic rings. The summed E-state index contributed by atoms with van der Waals surface area (Å²) in [5, 5.41) is 5.35. The van der Waals surface area contributed by atoms with Crippen LogP contribution in [0.15, 0.2) is 47.8 Å². The fourth-order valence-electron chi connectivity index (χ4n) is 3.73. The number of thiophene rings is 1. The van der Waals surface area contributed by atoms with E-state index in [4.69, 9.17) is 0 Å². The van der Waals surface area contributed by atoms with E-state index < -0.39 is 0 Å². The molecule has 1 N–H and O–H groups in total. The lowest BCUT2D eigenvalue weighted by atomic mass is 10.0. The van der Waals surface area contributed by atoms with E-state index in [2.05, 4.69) is 69.9 Å². The quantitative estimate of drug-likeness (QED) is 0.801. The molecule has 26 heavy (non-hydrogen) atoms. The molecular formula is C21H29N3OS. The number of carbonyl (C=O) groups excluding carboxylic acids is 1. The van der Waals surface area contributed by atoms with Gasteiger partial charge in [-0.15, -0.1) is 11.3 Å². The minimum Gasteiger partial charge on any atom is -0.369 e. The predicted molar refractivity (Wildman–Crippen MR) is 110 cm³/mol. The molecule has 0 spiro atoms. The molecule has 140 valence electrons. The van der Waals surface area contributed by atoms with Crippen molar-refractivity contribution in [2.45, 2.75) is 38.8 Å². The van der Waals surface area contributed by atoms with Crippen molar-refractivity contribution in [2.24, 2.45) is 0 Å². The molecule has 4 nitrogen and oxygen atoms in total. The Morgan fingerprint density at radius 2 is 1.85 bits per heavy atom. The topological polar surface area (TPSA) is 35.6 Å². The molecule has 0 bridgehead atoms. The van der Waals surface area contributed by atoms with Gasteiger partial charge in [-0.05, 0) is 36.9 Å². The van der Waals surface area contributed by atoms with Crippen LogP contribution < -0.4 is 10.2 Å². The van der Waals surface area contributed by atoms with Crippen LogP contribution in [0.2, 0.25) is 0 Å². The summed E-state index contributed by atoms with van der Waals surface area (Å²) in [7, 11) is 0. The van der Waals surface area contributed by atoms with Crippen molar-refractivity contribution in [3.05, 3.63) is 52.7 Å².